The Balaban J connectivity index is 1.76. The highest BCUT2D eigenvalue weighted by molar-refractivity contribution is 5.81. The second kappa shape index (κ2) is 7.30. The van der Waals surface area contributed by atoms with Gasteiger partial charge in [0, 0.05) is 12.0 Å². The summed E-state index contributed by atoms with van der Waals surface area (Å²) in [6.07, 6.45) is 2.90. The third kappa shape index (κ3) is 4.21. The molecule has 2 heterocycles. The fraction of sp³-hybridized carbons (Fsp3) is 0.368. The highest BCUT2D eigenvalue weighted by Gasteiger charge is 2.20. The van der Waals surface area contributed by atoms with Crippen molar-refractivity contribution >= 4 is 16.9 Å². The highest BCUT2D eigenvalue weighted by atomic mass is 19.1. The quantitative estimate of drug-likeness (QED) is 0.743. The van der Waals surface area contributed by atoms with Crippen LogP contribution in [0.3, 0.4) is 0 Å². The van der Waals surface area contributed by atoms with Crippen LogP contribution in [-0.4, -0.2) is 31.8 Å². The smallest absolute Gasteiger partial charge is 0.264 e. The van der Waals surface area contributed by atoms with Crippen molar-refractivity contribution in [3.05, 3.63) is 58.5 Å². The van der Waals surface area contributed by atoms with Gasteiger partial charge in [0.05, 0.1) is 19.3 Å². The summed E-state index contributed by atoms with van der Waals surface area (Å²) in [5, 5.41) is 7.44. The Morgan fingerprint density at radius 2 is 2.07 bits per heavy atom. The molecular weight excluding hydrogens is 349 g/mol. The Kier molecular flexibility index (Phi) is 5.07. The Morgan fingerprint density at radius 3 is 2.78 bits per heavy atom. The van der Waals surface area contributed by atoms with Gasteiger partial charge in [-0.05, 0) is 17.7 Å². The van der Waals surface area contributed by atoms with Gasteiger partial charge in [-0.3, -0.25) is 14.2 Å². The first-order valence-electron chi connectivity index (χ1n) is 8.69. The van der Waals surface area contributed by atoms with Crippen molar-refractivity contribution in [3.8, 4) is 0 Å². The van der Waals surface area contributed by atoms with Crippen LogP contribution >= 0.6 is 0 Å². The van der Waals surface area contributed by atoms with E-state index in [1.54, 1.807) is 16.8 Å². The lowest BCUT2D eigenvalue weighted by Crippen LogP contribution is -2.36. The van der Waals surface area contributed by atoms with Gasteiger partial charge in [-0.15, -0.1) is 0 Å². The molecule has 1 aromatic carbocycles. The van der Waals surface area contributed by atoms with Crippen LogP contribution in [0.25, 0.3) is 11.0 Å². The van der Waals surface area contributed by atoms with E-state index in [1.807, 2.05) is 20.8 Å². The lowest BCUT2D eigenvalue weighted by atomic mass is 9.96. The summed E-state index contributed by atoms with van der Waals surface area (Å²) < 4.78 is 16.3. The minimum absolute atomic E-state index is 0.0515. The molecule has 0 bridgehead atoms. The van der Waals surface area contributed by atoms with Crippen LogP contribution in [0, 0.1) is 11.2 Å². The minimum atomic E-state index is -0.463. The lowest BCUT2D eigenvalue weighted by Gasteiger charge is -2.17. The zero-order valence-corrected chi connectivity index (χ0v) is 15.6. The van der Waals surface area contributed by atoms with Gasteiger partial charge in [0.1, 0.15) is 17.5 Å². The number of fused-ring (bicyclic) bond motifs is 1. The van der Waals surface area contributed by atoms with E-state index >= 15 is 0 Å². The first kappa shape index (κ1) is 18.8. The molecule has 8 heteroatoms. The number of hydrogen-bond acceptors (Lipinski definition) is 4. The number of amides is 1. The predicted molar refractivity (Wildman–Crippen MR) is 99.8 cm³/mol. The van der Waals surface area contributed by atoms with Crippen molar-refractivity contribution < 1.29 is 9.18 Å². The third-order valence-corrected chi connectivity index (χ3v) is 4.15. The van der Waals surface area contributed by atoms with E-state index in [-0.39, 0.29) is 23.8 Å². The predicted octanol–water partition coefficient (Wildman–Crippen LogP) is 1.94. The molecule has 2 aromatic heterocycles. The van der Waals surface area contributed by atoms with Crippen molar-refractivity contribution in [2.45, 2.75) is 33.9 Å². The molecule has 142 valence electrons. The molecule has 0 aliphatic heterocycles. The number of carbonyl (C=O) groups excluding carboxylic acids is 1. The molecule has 0 aliphatic rings. The van der Waals surface area contributed by atoms with E-state index in [9.17, 15) is 14.0 Å². The fourth-order valence-corrected chi connectivity index (χ4v) is 2.65. The topological polar surface area (TPSA) is 81.8 Å². The van der Waals surface area contributed by atoms with E-state index in [0.29, 0.717) is 29.7 Å². The van der Waals surface area contributed by atoms with Crippen LogP contribution in [0.5, 0.6) is 0 Å². The number of benzene rings is 1. The average Bonchev–Trinajstić information content (AvgIpc) is 3.00. The van der Waals surface area contributed by atoms with Crippen molar-refractivity contribution in [2.75, 3.05) is 6.54 Å². The lowest BCUT2D eigenvalue weighted by molar-refractivity contribution is -0.128. The SMILES string of the molecule is CC(C)(C)C(=O)NCCn1ncc2c(=O)n(Cc3cccc(F)c3)cnc21. The van der Waals surface area contributed by atoms with E-state index in [1.165, 1.54) is 29.2 Å². The molecular formula is C19H22FN5O2. The summed E-state index contributed by atoms with van der Waals surface area (Å²) in [7, 11) is 0. The molecule has 7 nitrogen and oxygen atoms in total. The monoisotopic (exact) mass is 371 g/mol. The molecule has 0 saturated carbocycles. The average molecular weight is 371 g/mol. The minimum Gasteiger partial charge on any atom is -0.354 e. The van der Waals surface area contributed by atoms with Crippen LogP contribution < -0.4 is 10.9 Å². The van der Waals surface area contributed by atoms with Gasteiger partial charge in [-0.1, -0.05) is 32.9 Å². The molecule has 0 atom stereocenters. The molecule has 27 heavy (non-hydrogen) atoms. The Morgan fingerprint density at radius 1 is 1.30 bits per heavy atom. The first-order valence-corrected chi connectivity index (χ1v) is 8.69. The Labute approximate surface area is 155 Å². The second-order valence-corrected chi connectivity index (χ2v) is 7.42. The third-order valence-electron chi connectivity index (χ3n) is 4.15. The highest BCUT2D eigenvalue weighted by Crippen LogP contribution is 2.12. The molecule has 3 rings (SSSR count). The molecule has 1 N–H and O–H groups in total. The van der Waals surface area contributed by atoms with E-state index in [0.717, 1.165) is 0 Å². The number of carbonyl (C=O) groups is 1. The van der Waals surface area contributed by atoms with Gasteiger partial charge in [0.2, 0.25) is 5.91 Å². The molecule has 0 radical (unpaired) electrons. The van der Waals surface area contributed by atoms with Crippen molar-refractivity contribution in [1.82, 2.24) is 24.6 Å². The summed E-state index contributed by atoms with van der Waals surface area (Å²) >= 11 is 0. The maximum absolute atomic E-state index is 13.3. The van der Waals surface area contributed by atoms with Crippen LogP contribution in [0.15, 0.2) is 41.6 Å². The number of halogens is 1. The van der Waals surface area contributed by atoms with Crippen molar-refractivity contribution in [3.63, 3.8) is 0 Å². The maximum atomic E-state index is 13.3. The van der Waals surface area contributed by atoms with Gasteiger partial charge in [-0.2, -0.15) is 5.10 Å². The summed E-state index contributed by atoms with van der Waals surface area (Å²) in [6, 6.07) is 6.10. The van der Waals surface area contributed by atoms with Gasteiger partial charge in [0.25, 0.3) is 5.56 Å². The summed E-state index contributed by atoms with van der Waals surface area (Å²) in [4.78, 5) is 28.9. The van der Waals surface area contributed by atoms with Crippen LogP contribution in [0.1, 0.15) is 26.3 Å². The molecule has 0 saturated heterocycles. The van der Waals surface area contributed by atoms with Gasteiger partial charge in [-0.25, -0.2) is 14.1 Å². The van der Waals surface area contributed by atoms with E-state index in [4.69, 9.17) is 0 Å². The van der Waals surface area contributed by atoms with Gasteiger partial charge in [0.15, 0.2) is 5.65 Å². The zero-order valence-electron chi connectivity index (χ0n) is 15.6. The van der Waals surface area contributed by atoms with E-state index < -0.39 is 5.41 Å². The molecule has 0 spiro atoms. The fourth-order valence-electron chi connectivity index (χ4n) is 2.65. The Hall–Kier alpha value is -3.03. The molecule has 1 amide bonds. The number of rotatable bonds is 5. The number of aromatic nitrogens is 4. The molecule has 0 aliphatic carbocycles. The second-order valence-electron chi connectivity index (χ2n) is 7.42. The maximum Gasteiger partial charge on any atom is 0.264 e. The summed E-state index contributed by atoms with van der Waals surface area (Å²) in [5.74, 6) is -0.399. The molecule has 3 aromatic rings. The normalized spacial score (nSPS) is 11.7. The number of hydrogen-bond donors (Lipinski definition) is 1. The Bertz CT molecular complexity index is 1030. The number of nitrogens with zero attached hydrogens (tertiary/aromatic N) is 4. The standard InChI is InChI=1S/C19H22FN5O2/c1-19(2,3)18(27)21-7-8-25-16-15(10-23-25)17(26)24(12-22-16)11-13-5-4-6-14(20)9-13/h4-6,9-10,12H,7-8,11H2,1-3H3,(H,21,27). The van der Waals surface area contributed by atoms with E-state index in [2.05, 4.69) is 15.4 Å². The summed E-state index contributed by atoms with van der Waals surface area (Å²) in [6.45, 7) is 6.55. The zero-order chi connectivity index (χ0) is 19.6. The van der Waals surface area contributed by atoms with Crippen molar-refractivity contribution in [2.24, 2.45) is 5.41 Å². The van der Waals surface area contributed by atoms with Gasteiger partial charge >= 0.3 is 0 Å². The number of nitrogens with one attached hydrogen (secondary N) is 1. The molecule has 0 fully saturated rings. The van der Waals surface area contributed by atoms with Crippen LogP contribution in [0.2, 0.25) is 0 Å². The van der Waals surface area contributed by atoms with Crippen LogP contribution in [-0.2, 0) is 17.9 Å². The summed E-state index contributed by atoms with van der Waals surface area (Å²) in [5.41, 5.74) is 0.431. The largest absolute Gasteiger partial charge is 0.354 e. The molecule has 0 unspecified atom stereocenters. The first-order chi connectivity index (χ1) is 12.8. The van der Waals surface area contributed by atoms with Crippen LogP contribution in [0.4, 0.5) is 4.39 Å². The van der Waals surface area contributed by atoms with Gasteiger partial charge < -0.3 is 5.32 Å². The van der Waals surface area contributed by atoms with Crippen molar-refractivity contribution in [1.29, 1.82) is 0 Å².